The second-order valence-corrected chi connectivity index (χ2v) is 10.5. The van der Waals surface area contributed by atoms with Gasteiger partial charge in [0.2, 0.25) is 12.3 Å². The van der Waals surface area contributed by atoms with Crippen LogP contribution in [0.5, 0.6) is 11.5 Å². The lowest BCUT2D eigenvalue weighted by atomic mass is 9.82. The maximum absolute atomic E-state index is 13.7. The molecule has 1 saturated carbocycles. The van der Waals surface area contributed by atoms with Crippen LogP contribution in [-0.2, 0) is 16.0 Å². The second-order valence-electron chi connectivity index (χ2n) is 10.1. The number of benzene rings is 2. The van der Waals surface area contributed by atoms with Gasteiger partial charge in [0.15, 0.2) is 11.5 Å². The van der Waals surface area contributed by atoms with Gasteiger partial charge >= 0.3 is 0 Å². The first-order valence-corrected chi connectivity index (χ1v) is 13.4. The van der Waals surface area contributed by atoms with Crippen molar-refractivity contribution in [1.82, 2.24) is 9.80 Å². The molecule has 2 amide bonds. The number of ether oxygens (including phenoxy) is 2. The van der Waals surface area contributed by atoms with E-state index >= 15 is 0 Å². The van der Waals surface area contributed by atoms with Gasteiger partial charge in [0.25, 0.3) is 0 Å². The molecule has 1 unspecified atom stereocenters. The molecular formula is C29H37ClN2O4. The predicted molar refractivity (Wildman–Crippen MR) is 142 cm³/mol. The highest BCUT2D eigenvalue weighted by molar-refractivity contribution is 6.30. The number of carbonyl (C=O) groups is 2. The van der Waals surface area contributed by atoms with Gasteiger partial charge in [-0.2, -0.15) is 0 Å². The number of carbonyl (C=O) groups excluding carboxylic acids is 2. The molecule has 36 heavy (non-hydrogen) atoms. The molecule has 2 aromatic rings. The van der Waals surface area contributed by atoms with Crippen molar-refractivity contribution in [2.45, 2.75) is 83.5 Å². The Morgan fingerprint density at radius 3 is 2.39 bits per heavy atom. The molecule has 0 bridgehead atoms. The van der Waals surface area contributed by atoms with E-state index in [1.54, 1.807) is 7.11 Å². The molecule has 1 aliphatic carbocycles. The quantitative estimate of drug-likeness (QED) is 0.399. The minimum Gasteiger partial charge on any atom is -0.493 e. The molecule has 1 fully saturated rings. The Labute approximate surface area is 219 Å². The van der Waals surface area contributed by atoms with Gasteiger partial charge in [-0.15, -0.1) is 0 Å². The Bertz CT molecular complexity index is 1060. The molecule has 0 N–H and O–H groups in total. The highest BCUT2D eigenvalue weighted by atomic mass is 35.5. The third-order valence-corrected chi connectivity index (χ3v) is 7.57. The first-order valence-electron chi connectivity index (χ1n) is 13.0. The van der Waals surface area contributed by atoms with Crippen LogP contribution in [0.2, 0.25) is 5.02 Å². The van der Waals surface area contributed by atoms with Crippen LogP contribution in [0.25, 0.3) is 0 Å². The molecule has 0 radical (unpaired) electrons. The molecule has 1 atom stereocenters. The van der Waals surface area contributed by atoms with Crippen molar-refractivity contribution < 1.29 is 19.1 Å². The van der Waals surface area contributed by atoms with Crippen LogP contribution in [0.4, 0.5) is 0 Å². The van der Waals surface area contributed by atoms with Crippen molar-refractivity contribution in [2.24, 2.45) is 0 Å². The third-order valence-electron chi connectivity index (χ3n) is 7.32. The Kier molecular flexibility index (Phi) is 8.45. The first-order chi connectivity index (χ1) is 17.4. The van der Waals surface area contributed by atoms with E-state index in [0.29, 0.717) is 22.9 Å². The van der Waals surface area contributed by atoms with Crippen LogP contribution in [0.1, 0.15) is 75.6 Å². The predicted octanol–water partition coefficient (Wildman–Crippen LogP) is 5.79. The molecule has 4 rings (SSSR count). The Hall–Kier alpha value is -2.73. The fraction of sp³-hybridized carbons (Fsp3) is 0.517. The highest BCUT2D eigenvalue weighted by Crippen LogP contribution is 2.44. The summed E-state index contributed by atoms with van der Waals surface area (Å²) in [5, 5.41) is 0.664. The summed E-state index contributed by atoms with van der Waals surface area (Å²) >= 11 is 6.22. The van der Waals surface area contributed by atoms with Gasteiger partial charge in [-0.25, -0.2) is 0 Å². The van der Waals surface area contributed by atoms with Crippen molar-refractivity contribution in [3.8, 4) is 11.5 Å². The van der Waals surface area contributed by atoms with Crippen LogP contribution in [0.3, 0.4) is 0 Å². The van der Waals surface area contributed by atoms with E-state index in [1.165, 1.54) is 0 Å². The summed E-state index contributed by atoms with van der Waals surface area (Å²) in [6.07, 6.45) is 5.79. The zero-order valence-electron chi connectivity index (χ0n) is 21.7. The average Bonchev–Trinajstić information content (AvgIpc) is 2.87. The topological polar surface area (TPSA) is 59.1 Å². The van der Waals surface area contributed by atoms with Gasteiger partial charge in [-0.3, -0.25) is 9.59 Å². The molecule has 7 heteroatoms. The first kappa shape index (κ1) is 26.3. The molecule has 0 spiro atoms. The maximum atomic E-state index is 13.7. The molecule has 6 nitrogen and oxygen atoms in total. The molecule has 2 aliphatic rings. The summed E-state index contributed by atoms with van der Waals surface area (Å²) < 4.78 is 11.7. The number of hydrogen-bond acceptors (Lipinski definition) is 4. The Balaban J connectivity index is 1.72. The molecule has 194 valence electrons. The van der Waals surface area contributed by atoms with E-state index in [1.807, 2.05) is 55.1 Å². The number of rotatable bonds is 9. The normalized spacial score (nSPS) is 21.8. The minimum absolute atomic E-state index is 0.00794. The number of methoxy groups -OCH3 is 1. The smallest absolute Gasteiger partial charge is 0.228 e. The average molecular weight is 513 g/mol. The van der Waals surface area contributed by atoms with Gasteiger partial charge in [0, 0.05) is 23.7 Å². The van der Waals surface area contributed by atoms with E-state index in [-0.39, 0.29) is 30.1 Å². The molecular weight excluding hydrogens is 476 g/mol. The van der Waals surface area contributed by atoms with Crippen LogP contribution >= 0.6 is 11.6 Å². The van der Waals surface area contributed by atoms with Crippen molar-refractivity contribution in [3.05, 3.63) is 58.1 Å². The summed E-state index contributed by atoms with van der Waals surface area (Å²) in [5.74, 6) is 1.44. The number of fused-ring (bicyclic) bond motifs is 1. The second kappa shape index (κ2) is 11.5. The van der Waals surface area contributed by atoms with Crippen LogP contribution in [0, 0.1) is 0 Å². The zero-order valence-corrected chi connectivity index (χ0v) is 22.5. The summed E-state index contributed by atoms with van der Waals surface area (Å²) in [5.41, 5.74) is 3.06. The van der Waals surface area contributed by atoms with Gasteiger partial charge in [-0.05, 0) is 86.9 Å². The largest absolute Gasteiger partial charge is 0.493 e. The lowest BCUT2D eigenvalue weighted by Crippen LogP contribution is -2.50. The zero-order chi connectivity index (χ0) is 25.8. The third kappa shape index (κ3) is 5.49. The van der Waals surface area contributed by atoms with Crippen LogP contribution in [-0.4, -0.2) is 54.0 Å². The fourth-order valence-electron chi connectivity index (χ4n) is 5.73. The highest BCUT2D eigenvalue weighted by Gasteiger charge is 2.40. The Morgan fingerprint density at radius 1 is 1.11 bits per heavy atom. The number of halogens is 1. The van der Waals surface area contributed by atoms with E-state index in [4.69, 9.17) is 21.1 Å². The van der Waals surface area contributed by atoms with Gasteiger partial charge in [0.05, 0.1) is 25.7 Å². The summed E-state index contributed by atoms with van der Waals surface area (Å²) in [4.78, 5) is 29.3. The number of nitrogens with zero attached hydrogens (tertiary/aromatic N) is 2. The van der Waals surface area contributed by atoms with E-state index in [9.17, 15) is 9.59 Å². The fourth-order valence-corrected chi connectivity index (χ4v) is 5.85. The van der Waals surface area contributed by atoms with Crippen molar-refractivity contribution in [1.29, 1.82) is 0 Å². The molecule has 0 saturated heterocycles. The van der Waals surface area contributed by atoms with Crippen molar-refractivity contribution in [3.63, 3.8) is 0 Å². The molecule has 0 aromatic heterocycles. The van der Waals surface area contributed by atoms with Crippen molar-refractivity contribution >= 4 is 23.9 Å². The Morgan fingerprint density at radius 2 is 1.81 bits per heavy atom. The van der Waals surface area contributed by atoms with E-state index in [2.05, 4.69) is 11.8 Å². The lowest BCUT2D eigenvalue weighted by molar-refractivity contribution is -0.137. The maximum Gasteiger partial charge on any atom is 0.228 e. The van der Waals surface area contributed by atoms with Crippen LogP contribution in [0.15, 0.2) is 36.4 Å². The standard InChI is InChI=1S/C29H37ClN2O4/c1-5-14-31(18-33)23-10-12-24(13-11-23)32-28(34)16-21-15-26(35-4)27(36-19(2)3)17-25(21)29(32)20-6-8-22(30)9-7-20/h6-9,15,17-19,23-24,29H,5,10-14,16H2,1-4H3/t23-,24-,29?. The van der Waals surface area contributed by atoms with Gasteiger partial charge in [0.1, 0.15) is 0 Å². The van der Waals surface area contributed by atoms with Crippen LogP contribution < -0.4 is 9.47 Å². The monoisotopic (exact) mass is 512 g/mol. The summed E-state index contributed by atoms with van der Waals surface area (Å²) in [6, 6.07) is 11.9. The van der Waals surface area contributed by atoms with Gasteiger partial charge in [-0.1, -0.05) is 30.7 Å². The SMILES string of the molecule is CCCN(C=O)[C@H]1CC[C@H](N2C(=O)Cc3cc(OC)c(OC(C)C)cc3C2c2ccc(Cl)cc2)CC1. The number of hydrogen-bond donors (Lipinski definition) is 0. The molecule has 1 heterocycles. The number of amides is 2. The molecule has 1 aliphatic heterocycles. The van der Waals surface area contributed by atoms with Gasteiger partial charge < -0.3 is 19.3 Å². The van der Waals surface area contributed by atoms with E-state index < -0.39 is 0 Å². The van der Waals surface area contributed by atoms with E-state index in [0.717, 1.165) is 61.7 Å². The lowest BCUT2D eigenvalue weighted by Gasteiger charge is -2.46. The van der Waals surface area contributed by atoms with Crippen molar-refractivity contribution in [2.75, 3.05) is 13.7 Å². The summed E-state index contributed by atoms with van der Waals surface area (Å²) in [6.45, 7) is 6.85. The minimum atomic E-state index is -0.238. The summed E-state index contributed by atoms with van der Waals surface area (Å²) in [7, 11) is 1.63. The molecule has 2 aromatic carbocycles.